The Kier molecular flexibility index (Phi) is 5.14. The van der Waals surface area contributed by atoms with E-state index < -0.39 is 0 Å². The average Bonchev–Trinajstić information content (AvgIpc) is 2.45. The summed E-state index contributed by atoms with van der Waals surface area (Å²) < 4.78 is 1.13. The van der Waals surface area contributed by atoms with E-state index in [9.17, 15) is 0 Å². The minimum Gasteiger partial charge on any atom is -0.271 e. The van der Waals surface area contributed by atoms with Crippen molar-refractivity contribution >= 4 is 15.9 Å². The minimum absolute atomic E-state index is 0.178. The number of hydrogen-bond donors (Lipinski definition) is 2. The Hall–Kier alpha value is -1.16. The molecule has 0 bridgehead atoms. The van der Waals surface area contributed by atoms with E-state index in [1.807, 2.05) is 6.07 Å². The average molecular weight is 319 g/mol. The third-order valence-electron chi connectivity index (χ3n) is 3.45. The highest BCUT2D eigenvalue weighted by atomic mass is 79.9. The van der Waals surface area contributed by atoms with Crippen molar-refractivity contribution in [1.29, 1.82) is 0 Å². The van der Waals surface area contributed by atoms with Crippen LogP contribution in [0, 0.1) is 6.92 Å². The van der Waals surface area contributed by atoms with Gasteiger partial charge in [-0.05, 0) is 42.5 Å². The van der Waals surface area contributed by atoms with Gasteiger partial charge in [-0.15, -0.1) is 0 Å². The van der Waals surface area contributed by atoms with Crippen LogP contribution in [-0.2, 0) is 6.42 Å². The molecular formula is C16H19BrN2. The summed E-state index contributed by atoms with van der Waals surface area (Å²) in [5.74, 6) is 5.72. The van der Waals surface area contributed by atoms with E-state index in [1.54, 1.807) is 0 Å². The molecule has 0 aromatic heterocycles. The van der Waals surface area contributed by atoms with Crippen LogP contribution in [0.25, 0.3) is 0 Å². The second-order valence-corrected chi connectivity index (χ2v) is 5.55. The summed E-state index contributed by atoms with van der Waals surface area (Å²) in [5, 5.41) is 0. The van der Waals surface area contributed by atoms with Crippen LogP contribution in [0.2, 0.25) is 0 Å². The fraction of sp³-hybridized carbons (Fsp3) is 0.250. The molecule has 0 aliphatic heterocycles. The molecule has 0 radical (unpaired) electrons. The van der Waals surface area contributed by atoms with Crippen molar-refractivity contribution in [3.63, 3.8) is 0 Å². The Morgan fingerprint density at radius 2 is 1.84 bits per heavy atom. The van der Waals surface area contributed by atoms with E-state index in [4.69, 9.17) is 5.84 Å². The zero-order valence-electron chi connectivity index (χ0n) is 11.1. The van der Waals surface area contributed by atoms with Crippen molar-refractivity contribution < 1.29 is 0 Å². The highest BCUT2D eigenvalue weighted by Gasteiger charge is 2.13. The summed E-state index contributed by atoms with van der Waals surface area (Å²) >= 11 is 3.57. The second kappa shape index (κ2) is 6.85. The van der Waals surface area contributed by atoms with E-state index in [-0.39, 0.29) is 6.04 Å². The zero-order chi connectivity index (χ0) is 13.7. The van der Waals surface area contributed by atoms with Gasteiger partial charge in [-0.3, -0.25) is 11.3 Å². The molecule has 1 unspecified atom stereocenters. The number of rotatable bonds is 5. The lowest BCUT2D eigenvalue weighted by Crippen LogP contribution is -2.29. The quantitative estimate of drug-likeness (QED) is 0.648. The van der Waals surface area contributed by atoms with Crippen LogP contribution in [0.5, 0.6) is 0 Å². The number of benzene rings is 2. The Balaban J connectivity index is 2.10. The van der Waals surface area contributed by atoms with Crippen molar-refractivity contribution in [3.05, 3.63) is 69.7 Å². The van der Waals surface area contributed by atoms with E-state index in [0.29, 0.717) is 0 Å². The standard InChI is InChI=1S/C16H19BrN2/c1-12-14(8-5-9-15(12)17)16(19-18)11-10-13-6-3-2-4-7-13/h2-9,16,19H,10-11,18H2,1H3. The van der Waals surface area contributed by atoms with Crippen LogP contribution in [0.3, 0.4) is 0 Å². The second-order valence-electron chi connectivity index (χ2n) is 4.70. The maximum Gasteiger partial charge on any atom is 0.0466 e. The van der Waals surface area contributed by atoms with E-state index in [1.165, 1.54) is 16.7 Å². The molecule has 3 heteroatoms. The molecule has 100 valence electrons. The van der Waals surface area contributed by atoms with Crippen LogP contribution in [0.1, 0.15) is 29.2 Å². The van der Waals surface area contributed by atoms with Gasteiger partial charge < -0.3 is 0 Å². The highest BCUT2D eigenvalue weighted by molar-refractivity contribution is 9.10. The molecule has 2 aromatic rings. The van der Waals surface area contributed by atoms with E-state index in [0.717, 1.165) is 17.3 Å². The van der Waals surface area contributed by atoms with Crippen molar-refractivity contribution in [1.82, 2.24) is 5.43 Å². The van der Waals surface area contributed by atoms with Gasteiger partial charge in [-0.25, -0.2) is 0 Å². The van der Waals surface area contributed by atoms with Crippen LogP contribution in [0.4, 0.5) is 0 Å². The third kappa shape index (κ3) is 3.66. The third-order valence-corrected chi connectivity index (χ3v) is 4.31. The Labute approximate surface area is 123 Å². The monoisotopic (exact) mass is 318 g/mol. The van der Waals surface area contributed by atoms with Gasteiger partial charge in [0, 0.05) is 10.5 Å². The first kappa shape index (κ1) is 14.3. The fourth-order valence-electron chi connectivity index (χ4n) is 2.29. The molecule has 2 nitrogen and oxygen atoms in total. The summed E-state index contributed by atoms with van der Waals surface area (Å²) in [6.07, 6.45) is 2.00. The van der Waals surface area contributed by atoms with E-state index in [2.05, 4.69) is 70.7 Å². The maximum absolute atomic E-state index is 5.72. The van der Waals surface area contributed by atoms with Crippen LogP contribution >= 0.6 is 15.9 Å². The summed E-state index contributed by atoms with van der Waals surface area (Å²) in [6.45, 7) is 2.12. The van der Waals surface area contributed by atoms with Crippen molar-refractivity contribution in [2.75, 3.05) is 0 Å². The lowest BCUT2D eigenvalue weighted by Gasteiger charge is -2.19. The van der Waals surface area contributed by atoms with Gasteiger partial charge in [0.25, 0.3) is 0 Å². The first-order valence-electron chi connectivity index (χ1n) is 6.47. The molecule has 0 saturated carbocycles. The molecule has 2 aromatic carbocycles. The zero-order valence-corrected chi connectivity index (χ0v) is 12.7. The number of hydrazine groups is 1. The summed E-state index contributed by atoms with van der Waals surface area (Å²) in [6, 6.07) is 16.9. The Bertz CT molecular complexity index is 526. The van der Waals surface area contributed by atoms with Gasteiger partial charge in [0.2, 0.25) is 0 Å². The lowest BCUT2D eigenvalue weighted by molar-refractivity contribution is 0.514. The highest BCUT2D eigenvalue weighted by Crippen LogP contribution is 2.26. The van der Waals surface area contributed by atoms with Crippen LogP contribution in [-0.4, -0.2) is 0 Å². The SMILES string of the molecule is Cc1c(Br)cccc1C(CCc1ccccc1)NN. The largest absolute Gasteiger partial charge is 0.271 e. The maximum atomic E-state index is 5.72. The van der Waals surface area contributed by atoms with Gasteiger partial charge >= 0.3 is 0 Å². The molecule has 2 rings (SSSR count). The molecule has 0 saturated heterocycles. The molecule has 3 N–H and O–H groups in total. The molecule has 1 atom stereocenters. The van der Waals surface area contributed by atoms with Gasteiger partial charge in [0.05, 0.1) is 0 Å². The summed E-state index contributed by atoms with van der Waals surface area (Å²) in [4.78, 5) is 0. The van der Waals surface area contributed by atoms with Gasteiger partial charge in [-0.1, -0.05) is 58.4 Å². The summed E-state index contributed by atoms with van der Waals surface area (Å²) in [5.41, 5.74) is 6.78. The number of nitrogens with two attached hydrogens (primary N) is 1. The molecule has 0 spiro atoms. The number of halogens is 1. The Morgan fingerprint density at radius 1 is 1.11 bits per heavy atom. The molecule has 0 heterocycles. The van der Waals surface area contributed by atoms with Crippen molar-refractivity contribution in [2.45, 2.75) is 25.8 Å². The van der Waals surface area contributed by atoms with Crippen molar-refractivity contribution in [3.8, 4) is 0 Å². The lowest BCUT2D eigenvalue weighted by atomic mass is 9.96. The van der Waals surface area contributed by atoms with Crippen molar-refractivity contribution in [2.24, 2.45) is 5.84 Å². The molecule has 0 aliphatic carbocycles. The molecule has 0 amide bonds. The first-order chi connectivity index (χ1) is 9.22. The molecule has 19 heavy (non-hydrogen) atoms. The number of aryl methyl sites for hydroxylation is 1. The molecule has 0 aliphatic rings. The molecule has 0 fully saturated rings. The van der Waals surface area contributed by atoms with Gasteiger partial charge in [0.15, 0.2) is 0 Å². The fourth-order valence-corrected chi connectivity index (χ4v) is 2.67. The van der Waals surface area contributed by atoms with Gasteiger partial charge in [-0.2, -0.15) is 0 Å². The molecular weight excluding hydrogens is 300 g/mol. The Morgan fingerprint density at radius 3 is 2.53 bits per heavy atom. The normalized spacial score (nSPS) is 12.4. The number of nitrogens with one attached hydrogen (secondary N) is 1. The van der Waals surface area contributed by atoms with Crippen LogP contribution in [0.15, 0.2) is 53.0 Å². The smallest absolute Gasteiger partial charge is 0.0466 e. The predicted octanol–water partition coefficient (Wildman–Crippen LogP) is 3.89. The first-order valence-corrected chi connectivity index (χ1v) is 7.26. The van der Waals surface area contributed by atoms with Crippen LogP contribution < -0.4 is 11.3 Å². The van der Waals surface area contributed by atoms with E-state index >= 15 is 0 Å². The summed E-state index contributed by atoms with van der Waals surface area (Å²) in [7, 11) is 0. The van der Waals surface area contributed by atoms with Gasteiger partial charge in [0.1, 0.15) is 0 Å². The minimum atomic E-state index is 0.178. The topological polar surface area (TPSA) is 38.0 Å². The number of hydrogen-bond acceptors (Lipinski definition) is 2. The predicted molar refractivity (Wildman–Crippen MR) is 83.7 cm³/mol.